The normalized spacial score (nSPS) is 46.1. The third kappa shape index (κ3) is 1.25. The van der Waals surface area contributed by atoms with E-state index in [1.54, 1.807) is 0 Å². The zero-order chi connectivity index (χ0) is 9.85. The summed E-state index contributed by atoms with van der Waals surface area (Å²) in [5.41, 5.74) is 7.14. The van der Waals surface area contributed by atoms with Crippen molar-refractivity contribution in [2.24, 2.45) is 28.4 Å². The number of rotatable bonds is 1. The Bertz CT molecular complexity index is 224. The predicted octanol–water partition coefficient (Wildman–Crippen LogP) is 3.22. The highest BCUT2D eigenvalue weighted by molar-refractivity contribution is 5.85. The highest BCUT2D eigenvalue weighted by Crippen LogP contribution is 2.68. The van der Waals surface area contributed by atoms with E-state index in [0.717, 1.165) is 11.8 Å². The Labute approximate surface area is 94.2 Å². The highest BCUT2D eigenvalue weighted by atomic mass is 35.5. The molecule has 0 aromatic carbocycles. The van der Waals surface area contributed by atoms with Crippen LogP contribution in [-0.2, 0) is 0 Å². The summed E-state index contributed by atoms with van der Waals surface area (Å²) in [6.45, 7) is 9.56. The van der Waals surface area contributed by atoms with E-state index in [1.807, 2.05) is 0 Å². The smallest absolute Gasteiger partial charge is 0.00442 e. The van der Waals surface area contributed by atoms with Gasteiger partial charge in [0.15, 0.2) is 0 Å². The lowest BCUT2D eigenvalue weighted by atomic mass is 9.65. The van der Waals surface area contributed by atoms with Crippen molar-refractivity contribution < 1.29 is 0 Å². The van der Waals surface area contributed by atoms with Crippen LogP contribution in [0.1, 0.15) is 47.0 Å². The number of halogens is 1. The zero-order valence-corrected chi connectivity index (χ0v) is 10.7. The van der Waals surface area contributed by atoms with Gasteiger partial charge in [-0.1, -0.05) is 20.8 Å². The van der Waals surface area contributed by atoms with Crippen LogP contribution in [-0.4, -0.2) is 6.04 Å². The minimum atomic E-state index is 0. The zero-order valence-electron chi connectivity index (χ0n) is 9.84. The minimum Gasteiger partial charge on any atom is -0.328 e. The maximum Gasteiger partial charge on any atom is 0.00442 e. The Hall–Kier alpha value is 0.250. The summed E-state index contributed by atoms with van der Waals surface area (Å²) >= 11 is 0. The Morgan fingerprint density at radius 2 is 1.86 bits per heavy atom. The molecule has 0 saturated heterocycles. The SMILES string of the molecule is CC(N)[C@H]1C[C@H]2CC[C@]1(C)C2(C)C.Cl. The van der Waals surface area contributed by atoms with Crippen LogP contribution in [0.15, 0.2) is 0 Å². The molecule has 0 aromatic rings. The number of nitrogens with two attached hydrogens (primary N) is 1. The van der Waals surface area contributed by atoms with Crippen LogP contribution >= 0.6 is 12.4 Å². The third-order valence-electron chi connectivity index (χ3n) is 5.50. The molecule has 0 aliphatic heterocycles. The van der Waals surface area contributed by atoms with Crippen LogP contribution in [0.25, 0.3) is 0 Å². The van der Waals surface area contributed by atoms with E-state index in [2.05, 4.69) is 27.7 Å². The van der Waals surface area contributed by atoms with Crippen molar-refractivity contribution in [3.8, 4) is 0 Å². The molecule has 2 aliphatic rings. The van der Waals surface area contributed by atoms with Gasteiger partial charge in [-0.15, -0.1) is 12.4 Å². The van der Waals surface area contributed by atoms with Crippen molar-refractivity contribution in [2.45, 2.75) is 53.0 Å². The molecule has 2 aliphatic carbocycles. The van der Waals surface area contributed by atoms with Crippen LogP contribution in [0.4, 0.5) is 0 Å². The van der Waals surface area contributed by atoms with Gasteiger partial charge in [-0.05, 0) is 48.9 Å². The van der Waals surface area contributed by atoms with Gasteiger partial charge in [0.05, 0.1) is 0 Å². The van der Waals surface area contributed by atoms with Gasteiger partial charge in [-0.3, -0.25) is 0 Å². The van der Waals surface area contributed by atoms with E-state index in [0.29, 0.717) is 16.9 Å². The second-order valence-corrected chi connectivity index (χ2v) is 6.08. The summed E-state index contributed by atoms with van der Waals surface area (Å²) in [7, 11) is 0. The van der Waals surface area contributed by atoms with Crippen molar-refractivity contribution in [1.29, 1.82) is 0 Å². The fourth-order valence-corrected chi connectivity index (χ4v) is 4.06. The van der Waals surface area contributed by atoms with E-state index in [4.69, 9.17) is 5.73 Å². The van der Waals surface area contributed by atoms with Crippen molar-refractivity contribution in [2.75, 3.05) is 0 Å². The van der Waals surface area contributed by atoms with Gasteiger partial charge in [0.25, 0.3) is 0 Å². The van der Waals surface area contributed by atoms with Crippen molar-refractivity contribution in [1.82, 2.24) is 0 Å². The van der Waals surface area contributed by atoms with Crippen LogP contribution in [0.5, 0.6) is 0 Å². The lowest BCUT2D eigenvalue weighted by molar-refractivity contribution is 0.0911. The molecule has 2 heteroatoms. The molecule has 84 valence electrons. The fourth-order valence-electron chi connectivity index (χ4n) is 4.06. The average Bonchev–Trinajstić information content (AvgIpc) is 2.34. The van der Waals surface area contributed by atoms with E-state index < -0.39 is 0 Å². The van der Waals surface area contributed by atoms with Gasteiger partial charge in [0.1, 0.15) is 0 Å². The van der Waals surface area contributed by atoms with Crippen molar-refractivity contribution in [3.05, 3.63) is 0 Å². The summed E-state index contributed by atoms with van der Waals surface area (Å²) in [4.78, 5) is 0. The largest absolute Gasteiger partial charge is 0.328 e. The maximum absolute atomic E-state index is 6.09. The summed E-state index contributed by atoms with van der Waals surface area (Å²) in [5.74, 6) is 1.70. The summed E-state index contributed by atoms with van der Waals surface area (Å²) in [6, 6.07) is 0.384. The van der Waals surface area contributed by atoms with E-state index in [1.165, 1.54) is 19.3 Å². The summed E-state index contributed by atoms with van der Waals surface area (Å²) < 4.78 is 0. The van der Waals surface area contributed by atoms with E-state index in [-0.39, 0.29) is 12.4 Å². The summed E-state index contributed by atoms with van der Waals surface area (Å²) in [5, 5.41) is 0. The second-order valence-electron chi connectivity index (χ2n) is 6.08. The molecule has 2 saturated carbocycles. The summed E-state index contributed by atoms with van der Waals surface area (Å²) in [6.07, 6.45) is 4.21. The van der Waals surface area contributed by atoms with Gasteiger partial charge in [-0.2, -0.15) is 0 Å². The van der Waals surface area contributed by atoms with Crippen molar-refractivity contribution >= 4 is 12.4 Å². The predicted molar refractivity (Wildman–Crippen MR) is 63.6 cm³/mol. The number of hydrogen-bond acceptors (Lipinski definition) is 1. The molecule has 1 unspecified atom stereocenters. The van der Waals surface area contributed by atoms with Crippen LogP contribution < -0.4 is 5.73 Å². The molecule has 1 nitrogen and oxygen atoms in total. The number of fused-ring (bicyclic) bond motifs is 2. The monoisotopic (exact) mass is 217 g/mol. The van der Waals surface area contributed by atoms with Crippen molar-refractivity contribution in [3.63, 3.8) is 0 Å². The Kier molecular flexibility index (Phi) is 2.98. The highest BCUT2D eigenvalue weighted by Gasteiger charge is 2.61. The first-order valence-corrected chi connectivity index (χ1v) is 5.65. The Balaban J connectivity index is 0.000000980. The molecule has 2 N–H and O–H groups in total. The molecule has 4 atom stereocenters. The standard InChI is InChI=1S/C12H23N.ClH/c1-8(13)10-7-9-5-6-12(10,4)11(9,2)3;/h8-10H,5-7,13H2,1-4H3;1H/t8?,9-,10-,12+;/m1./s1. The molecule has 0 aromatic heterocycles. The Morgan fingerprint density at radius 3 is 2.07 bits per heavy atom. The lowest BCUT2D eigenvalue weighted by Crippen LogP contribution is -2.40. The first kappa shape index (κ1) is 12.3. The molecule has 2 rings (SSSR count). The first-order valence-electron chi connectivity index (χ1n) is 5.65. The average molecular weight is 218 g/mol. The topological polar surface area (TPSA) is 26.0 Å². The molecular formula is C12H24ClN. The Morgan fingerprint density at radius 1 is 1.29 bits per heavy atom. The molecular weight excluding hydrogens is 194 g/mol. The van der Waals surface area contributed by atoms with Crippen LogP contribution in [0.3, 0.4) is 0 Å². The van der Waals surface area contributed by atoms with Gasteiger partial charge < -0.3 is 5.73 Å². The molecule has 0 spiro atoms. The molecule has 0 amide bonds. The van der Waals surface area contributed by atoms with E-state index in [9.17, 15) is 0 Å². The van der Waals surface area contributed by atoms with E-state index >= 15 is 0 Å². The molecule has 2 fully saturated rings. The van der Waals surface area contributed by atoms with Crippen LogP contribution in [0.2, 0.25) is 0 Å². The third-order valence-corrected chi connectivity index (χ3v) is 5.50. The van der Waals surface area contributed by atoms with Gasteiger partial charge in [0.2, 0.25) is 0 Å². The first-order chi connectivity index (χ1) is 5.89. The molecule has 2 bridgehead atoms. The van der Waals surface area contributed by atoms with Gasteiger partial charge >= 0.3 is 0 Å². The quantitative estimate of drug-likeness (QED) is 0.717. The van der Waals surface area contributed by atoms with Gasteiger partial charge in [0, 0.05) is 6.04 Å². The lowest BCUT2D eigenvalue weighted by Gasteiger charge is -2.41. The fraction of sp³-hybridized carbons (Fsp3) is 1.00. The molecule has 14 heavy (non-hydrogen) atoms. The molecule has 0 heterocycles. The maximum atomic E-state index is 6.09. The van der Waals surface area contributed by atoms with Gasteiger partial charge in [-0.25, -0.2) is 0 Å². The van der Waals surface area contributed by atoms with Crippen LogP contribution in [0, 0.1) is 22.7 Å². The molecule has 0 radical (unpaired) electrons. The second kappa shape index (κ2) is 3.38. The number of hydrogen-bond donors (Lipinski definition) is 1. The minimum absolute atomic E-state index is 0.